The molecule has 7 heteroatoms. The van der Waals surface area contributed by atoms with Crippen LogP contribution in [0.15, 0.2) is 36.5 Å². The van der Waals surface area contributed by atoms with Crippen molar-refractivity contribution in [3.63, 3.8) is 0 Å². The Bertz CT molecular complexity index is 719. The van der Waals surface area contributed by atoms with Crippen LogP contribution in [0.2, 0.25) is 0 Å². The second-order valence-corrected chi connectivity index (χ2v) is 6.80. The number of carbonyl (C=O) groups excluding carboxylic acids is 1. The fourth-order valence-corrected chi connectivity index (χ4v) is 3.36. The minimum atomic E-state index is -1.43. The molecule has 0 unspecified atom stereocenters. The summed E-state index contributed by atoms with van der Waals surface area (Å²) in [7, 11) is 0. The molecule has 3 rings (SSSR count). The van der Waals surface area contributed by atoms with Gasteiger partial charge in [-0.05, 0) is 12.0 Å². The van der Waals surface area contributed by atoms with Crippen LogP contribution in [0, 0.1) is 0 Å². The first kappa shape index (κ1) is 18.5. The van der Waals surface area contributed by atoms with Crippen LogP contribution in [-0.2, 0) is 17.9 Å². The summed E-state index contributed by atoms with van der Waals surface area (Å²) in [4.78, 5) is 13.9. The van der Waals surface area contributed by atoms with Crippen molar-refractivity contribution in [3.8, 4) is 0 Å². The van der Waals surface area contributed by atoms with E-state index in [0.717, 1.165) is 24.9 Å². The van der Waals surface area contributed by atoms with E-state index in [-0.39, 0.29) is 0 Å². The van der Waals surface area contributed by atoms with Crippen LogP contribution >= 0.6 is 0 Å². The van der Waals surface area contributed by atoms with Crippen LogP contribution in [0.5, 0.6) is 0 Å². The lowest BCUT2D eigenvalue weighted by Gasteiger charge is -2.24. The first-order chi connectivity index (χ1) is 12.6. The molecule has 1 saturated heterocycles. The highest BCUT2D eigenvalue weighted by Crippen LogP contribution is 2.33. The minimum absolute atomic E-state index is 0.307. The van der Waals surface area contributed by atoms with Gasteiger partial charge in [-0.15, -0.1) is 5.10 Å². The molecule has 0 saturated carbocycles. The Balaban J connectivity index is 1.75. The van der Waals surface area contributed by atoms with Crippen molar-refractivity contribution in [2.75, 3.05) is 0 Å². The number of hydrogen-bond donors (Lipinski definition) is 2. The Hall–Kier alpha value is -2.25. The van der Waals surface area contributed by atoms with Gasteiger partial charge in [0.25, 0.3) is 5.91 Å². The zero-order valence-corrected chi connectivity index (χ0v) is 15.0. The molecule has 2 N–H and O–H groups in total. The smallest absolute Gasteiger partial charge is 0.255 e. The number of aromatic nitrogens is 3. The van der Waals surface area contributed by atoms with E-state index >= 15 is 0 Å². The van der Waals surface area contributed by atoms with E-state index in [1.807, 2.05) is 30.3 Å². The van der Waals surface area contributed by atoms with Gasteiger partial charge in [0.2, 0.25) is 0 Å². The first-order valence-corrected chi connectivity index (χ1v) is 9.22. The van der Waals surface area contributed by atoms with Gasteiger partial charge in [0.15, 0.2) is 6.10 Å². The standard InChI is InChI=1S/C19H26N4O3/c1-2-3-4-8-11-22-13-15(20-21-22)16-17(24)18(25)19(26)23(16)12-14-9-6-5-7-10-14/h5-7,9-10,13,16-18,24-25H,2-4,8,11-12H2,1H3/t16-,17+,18-/m1/s1. The predicted molar refractivity (Wildman–Crippen MR) is 95.9 cm³/mol. The SMILES string of the molecule is CCCCCCn1cc([C@@H]2[C@H](O)[C@@H](O)C(=O)N2Cc2ccccc2)nn1. The number of aliphatic hydroxyl groups is 2. The van der Waals surface area contributed by atoms with E-state index in [1.54, 1.807) is 10.9 Å². The van der Waals surface area contributed by atoms with E-state index in [9.17, 15) is 15.0 Å². The number of amides is 1. The molecule has 2 aromatic rings. The predicted octanol–water partition coefficient (Wildman–Crippen LogP) is 1.66. The molecule has 1 aliphatic rings. The fraction of sp³-hybridized carbons (Fsp3) is 0.526. The molecule has 1 fully saturated rings. The van der Waals surface area contributed by atoms with E-state index < -0.39 is 24.2 Å². The van der Waals surface area contributed by atoms with Gasteiger partial charge in [0.05, 0.1) is 6.20 Å². The number of rotatable bonds is 8. The molecular formula is C19H26N4O3. The molecule has 1 aliphatic heterocycles. The number of aliphatic hydroxyl groups excluding tert-OH is 2. The summed E-state index contributed by atoms with van der Waals surface area (Å²) >= 11 is 0. The van der Waals surface area contributed by atoms with Gasteiger partial charge in [-0.1, -0.05) is 61.7 Å². The van der Waals surface area contributed by atoms with Crippen molar-refractivity contribution in [2.45, 2.75) is 63.9 Å². The maximum absolute atomic E-state index is 12.4. The average molecular weight is 358 g/mol. The van der Waals surface area contributed by atoms with Crippen LogP contribution < -0.4 is 0 Å². The van der Waals surface area contributed by atoms with Crippen molar-refractivity contribution in [1.29, 1.82) is 0 Å². The lowest BCUT2D eigenvalue weighted by Crippen LogP contribution is -2.30. The third-order valence-corrected chi connectivity index (χ3v) is 4.81. The topological polar surface area (TPSA) is 91.5 Å². The van der Waals surface area contributed by atoms with E-state index in [0.29, 0.717) is 12.2 Å². The maximum Gasteiger partial charge on any atom is 0.255 e. The van der Waals surface area contributed by atoms with E-state index in [4.69, 9.17) is 0 Å². The molecule has 140 valence electrons. The monoisotopic (exact) mass is 358 g/mol. The number of hydrogen-bond acceptors (Lipinski definition) is 5. The van der Waals surface area contributed by atoms with Crippen molar-refractivity contribution in [3.05, 3.63) is 47.8 Å². The molecule has 1 amide bonds. The second kappa shape index (κ2) is 8.42. The fourth-order valence-electron chi connectivity index (χ4n) is 3.36. The molecular weight excluding hydrogens is 332 g/mol. The number of aryl methyl sites for hydroxylation is 1. The summed E-state index contributed by atoms with van der Waals surface area (Å²) in [6, 6.07) is 8.81. The Morgan fingerprint density at radius 1 is 1.12 bits per heavy atom. The summed E-state index contributed by atoms with van der Waals surface area (Å²) in [6.45, 7) is 3.23. The Morgan fingerprint density at radius 3 is 2.62 bits per heavy atom. The molecule has 0 radical (unpaired) electrons. The normalized spacial score (nSPS) is 23.0. The molecule has 26 heavy (non-hydrogen) atoms. The maximum atomic E-state index is 12.4. The third-order valence-electron chi connectivity index (χ3n) is 4.81. The highest BCUT2D eigenvalue weighted by Gasteiger charge is 2.48. The van der Waals surface area contributed by atoms with Gasteiger partial charge in [-0.25, -0.2) is 0 Å². The molecule has 0 spiro atoms. The molecule has 7 nitrogen and oxygen atoms in total. The zero-order valence-electron chi connectivity index (χ0n) is 15.0. The Morgan fingerprint density at radius 2 is 1.88 bits per heavy atom. The zero-order chi connectivity index (χ0) is 18.5. The second-order valence-electron chi connectivity index (χ2n) is 6.80. The lowest BCUT2D eigenvalue weighted by atomic mass is 10.1. The van der Waals surface area contributed by atoms with E-state index in [1.165, 1.54) is 17.7 Å². The van der Waals surface area contributed by atoms with Crippen molar-refractivity contribution >= 4 is 5.91 Å². The first-order valence-electron chi connectivity index (χ1n) is 9.22. The number of likely N-dealkylation sites (tertiary alicyclic amines) is 1. The molecule has 1 aromatic carbocycles. The summed E-state index contributed by atoms with van der Waals surface area (Å²) < 4.78 is 1.74. The van der Waals surface area contributed by atoms with Gasteiger partial charge in [-0.3, -0.25) is 9.48 Å². The van der Waals surface area contributed by atoms with Gasteiger partial charge >= 0.3 is 0 Å². The van der Waals surface area contributed by atoms with Crippen LogP contribution in [0.3, 0.4) is 0 Å². The van der Waals surface area contributed by atoms with Crippen molar-refractivity contribution in [2.24, 2.45) is 0 Å². The van der Waals surface area contributed by atoms with Crippen molar-refractivity contribution < 1.29 is 15.0 Å². The van der Waals surface area contributed by atoms with E-state index in [2.05, 4.69) is 17.2 Å². The third kappa shape index (κ3) is 3.94. The minimum Gasteiger partial charge on any atom is -0.387 e. The Kier molecular flexibility index (Phi) is 6.00. The number of carbonyl (C=O) groups is 1. The number of nitrogens with zero attached hydrogens (tertiary/aromatic N) is 4. The highest BCUT2D eigenvalue weighted by atomic mass is 16.3. The molecule has 2 heterocycles. The summed E-state index contributed by atoms with van der Waals surface area (Å²) in [5, 5.41) is 28.7. The number of benzene rings is 1. The quantitative estimate of drug-likeness (QED) is 0.701. The summed E-state index contributed by atoms with van der Waals surface area (Å²) in [5.74, 6) is -0.483. The highest BCUT2D eigenvalue weighted by molar-refractivity contribution is 5.84. The molecule has 1 aromatic heterocycles. The van der Waals surface area contributed by atoms with Gasteiger partial charge in [-0.2, -0.15) is 0 Å². The average Bonchev–Trinajstić information content (AvgIpc) is 3.19. The van der Waals surface area contributed by atoms with Gasteiger partial charge in [0.1, 0.15) is 17.8 Å². The summed E-state index contributed by atoms with van der Waals surface area (Å²) in [5.41, 5.74) is 1.44. The van der Waals surface area contributed by atoms with Crippen LogP contribution in [-0.4, -0.2) is 48.2 Å². The van der Waals surface area contributed by atoms with Crippen LogP contribution in [0.25, 0.3) is 0 Å². The largest absolute Gasteiger partial charge is 0.387 e. The van der Waals surface area contributed by atoms with Crippen LogP contribution in [0.1, 0.15) is 49.9 Å². The van der Waals surface area contributed by atoms with Gasteiger partial charge < -0.3 is 15.1 Å². The van der Waals surface area contributed by atoms with Gasteiger partial charge in [0, 0.05) is 13.1 Å². The molecule has 3 atom stereocenters. The van der Waals surface area contributed by atoms with Crippen molar-refractivity contribution in [1.82, 2.24) is 19.9 Å². The Labute approximate surface area is 153 Å². The summed E-state index contributed by atoms with van der Waals surface area (Å²) in [6.07, 6.45) is 3.63. The van der Waals surface area contributed by atoms with Crippen LogP contribution in [0.4, 0.5) is 0 Å². The number of unbranched alkanes of at least 4 members (excludes halogenated alkanes) is 3. The lowest BCUT2D eigenvalue weighted by molar-refractivity contribution is -0.136. The molecule has 0 bridgehead atoms. The molecule has 0 aliphatic carbocycles.